The first-order chi connectivity index (χ1) is 17.3. The third-order valence-corrected chi connectivity index (χ3v) is 7.39. The molecule has 0 bridgehead atoms. The molecule has 2 aliphatic rings. The minimum Gasteiger partial charge on any atom is -0.383 e. The van der Waals surface area contributed by atoms with Crippen molar-refractivity contribution in [3.05, 3.63) is 48.3 Å². The molecule has 2 aromatic heterocycles. The second-order valence-corrected chi connectivity index (χ2v) is 9.83. The Bertz CT molecular complexity index is 1310. The predicted molar refractivity (Wildman–Crippen MR) is 142 cm³/mol. The molecule has 0 spiro atoms. The van der Waals surface area contributed by atoms with Gasteiger partial charge < -0.3 is 25.4 Å². The van der Waals surface area contributed by atoms with E-state index in [0.29, 0.717) is 17.1 Å². The Balaban J connectivity index is 1.47. The third-order valence-electron chi connectivity index (χ3n) is 7.39. The number of hydrogen-bond acceptors (Lipinski definition) is 5. The minimum atomic E-state index is -0.202. The summed E-state index contributed by atoms with van der Waals surface area (Å²) in [5.41, 5.74) is 11.5. The number of carbonyl (C=O) groups excluding carboxylic acids is 2. The highest BCUT2D eigenvalue weighted by atomic mass is 16.2. The fraction of sp³-hybridized carbons (Fsp3) is 0.407. The number of rotatable bonds is 4. The van der Waals surface area contributed by atoms with Crippen molar-refractivity contribution in [3.63, 3.8) is 0 Å². The van der Waals surface area contributed by atoms with Crippen LogP contribution in [0.15, 0.2) is 42.7 Å². The van der Waals surface area contributed by atoms with Gasteiger partial charge in [0.2, 0.25) is 0 Å². The molecule has 9 heteroatoms. The first-order valence-corrected chi connectivity index (χ1v) is 12.5. The maximum atomic E-state index is 12.9. The van der Waals surface area contributed by atoms with E-state index in [1.807, 2.05) is 41.1 Å². The Morgan fingerprint density at radius 2 is 1.67 bits per heavy atom. The van der Waals surface area contributed by atoms with E-state index in [2.05, 4.69) is 26.4 Å². The molecule has 36 heavy (non-hydrogen) atoms. The molecular weight excluding hydrogens is 454 g/mol. The van der Waals surface area contributed by atoms with Gasteiger partial charge in [-0.05, 0) is 61.8 Å². The van der Waals surface area contributed by atoms with Crippen LogP contribution in [0.3, 0.4) is 0 Å². The molecule has 3 aromatic rings. The van der Waals surface area contributed by atoms with Crippen molar-refractivity contribution in [3.8, 4) is 11.3 Å². The van der Waals surface area contributed by atoms with Gasteiger partial charge in [0.1, 0.15) is 17.8 Å². The molecule has 9 nitrogen and oxygen atoms in total. The molecule has 188 valence electrons. The zero-order valence-electron chi connectivity index (χ0n) is 21.0. The molecule has 0 radical (unpaired) electrons. The Labute approximate surface area is 211 Å². The van der Waals surface area contributed by atoms with Crippen LogP contribution >= 0.6 is 0 Å². The van der Waals surface area contributed by atoms with Gasteiger partial charge in [-0.1, -0.05) is 18.7 Å². The van der Waals surface area contributed by atoms with Crippen LogP contribution in [-0.2, 0) is 11.8 Å². The molecule has 3 amide bonds. The van der Waals surface area contributed by atoms with E-state index >= 15 is 0 Å². The number of aryl methyl sites for hydroxylation is 1. The average molecular weight is 488 g/mol. The number of nitrogens with one attached hydrogen (secondary N) is 1. The van der Waals surface area contributed by atoms with E-state index in [1.54, 1.807) is 6.92 Å². The van der Waals surface area contributed by atoms with E-state index in [1.165, 1.54) is 6.33 Å². The van der Waals surface area contributed by atoms with Gasteiger partial charge in [0, 0.05) is 44.5 Å². The van der Waals surface area contributed by atoms with Gasteiger partial charge >= 0.3 is 6.03 Å². The van der Waals surface area contributed by atoms with Crippen molar-refractivity contribution >= 4 is 34.5 Å². The van der Waals surface area contributed by atoms with Gasteiger partial charge in [0.25, 0.3) is 5.91 Å². The summed E-state index contributed by atoms with van der Waals surface area (Å²) in [7, 11) is 2.00. The highest BCUT2D eigenvalue weighted by molar-refractivity contribution is 6.03. The SMILES string of the molecule is C=C(C)C(=O)Nc1ccc(-c2c(C3CCN(C(=O)N4CCCC4)CC3)c3c(N)ncnc3n2C)cc1. The third kappa shape index (κ3) is 4.29. The normalized spacial score (nSPS) is 16.5. The zero-order valence-corrected chi connectivity index (χ0v) is 21.0. The summed E-state index contributed by atoms with van der Waals surface area (Å²) in [6.07, 6.45) is 5.39. The number of carbonyl (C=O) groups is 2. The summed E-state index contributed by atoms with van der Waals surface area (Å²) in [6, 6.07) is 7.95. The highest BCUT2D eigenvalue weighted by Gasteiger charge is 2.32. The summed E-state index contributed by atoms with van der Waals surface area (Å²) in [4.78, 5) is 37.8. The average Bonchev–Trinajstić information content (AvgIpc) is 3.52. The lowest BCUT2D eigenvalue weighted by molar-refractivity contribution is -0.112. The number of urea groups is 1. The number of nitrogens with two attached hydrogens (primary N) is 1. The van der Waals surface area contributed by atoms with Crippen LogP contribution in [0.5, 0.6) is 0 Å². The Kier molecular flexibility index (Phi) is 6.38. The lowest BCUT2D eigenvalue weighted by atomic mass is 9.86. The van der Waals surface area contributed by atoms with Crippen LogP contribution in [0.1, 0.15) is 44.1 Å². The van der Waals surface area contributed by atoms with E-state index in [-0.39, 0.29) is 17.9 Å². The number of fused-ring (bicyclic) bond motifs is 1. The van der Waals surface area contributed by atoms with Crippen molar-refractivity contribution in [2.75, 3.05) is 37.2 Å². The quantitative estimate of drug-likeness (QED) is 0.538. The fourth-order valence-corrected chi connectivity index (χ4v) is 5.47. The van der Waals surface area contributed by atoms with Gasteiger partial charge in [0.05, 0.1) is 11.1 Å². The molecule has 1 aromatic carbocycles. The first-order valence-electron chi connectivity index (χ1n) is 12.5. The monoisotopic (exact) mass is 487 g/mol. The van der Waals surface area contributed by atoms with Crippen molar-refractivity contribution in [2.24, 2.45) is 7.05 Å². The van der Waals surface area contributed by atoms with E-state index in [9.17, 15) is 9.59 Å². The number of aromatic nitrogens is 3. The number of nitrogen functional groups attached to an aromatic ring is 1. The van der Waals surface area contributed by atoms with Crippen LogP contribution in [0.2, 0.25) is 0 Å². The Morgan fingerprint density at radius 1 is 1.03 bits per heavy atom. The fourth-order valence-electron chi connectivity index (χ4n) is 5.47. The molecule has 0 saturated carbocycles. The minimum absolute atomic E-state index is 0.166. The predicted octanol–water partition coefficient (Wildman–Crippen LogP) is 4.13. The van der Waals surface area contributed by atoms with E-state index in [0.717, 1.165) is 79.7 Å². The van der Waals surface area contributed by atoms with Gasteiger partial charge in [-0.25, -0.2) is 14.8 Å². The zero-order chi connectivity index (χ0) is 25.4. The molecule has 0 atom stereocenters. The molecule has 0 aliphatic carbocycles. The molecular formula is C27H33N7O2. The summed E-state index contributed by atoms with van der Waals surface area (Å²) < 4.78 is 2.08. The first kappa shape index (κ1) is 23.8. The second-order valence-electron chi connectivity index (χ2n) is 9.83. The van der Waals surface area contributed by atoms with Crippen LogP contribution in [0, 0.1) is 0 Å². The van der Waals surface area contributed by atoms with Crippen LogP contribution in [0.25, 0.3) is 22.3 Å². The number of anilines is 2. The van der Waals surface area contributed by atoms with Crippen LogP contribution < -0.4 is 11.1 Å². The Hall–Kier alpha value is -3.88. The van der Waals surface area contributed by atoms with Gasteiger partial charge in [-0.2, -0.15) is 0 Å². The van der Waals surface area contributed by atoms with E-state index < -0.39 is 0 Å². The number of piperidine rings is 1. The number of benzene rings is 1. The second kappa shape index (κ2) is 9.64. The Morgan fingerprint density at radius 3 is 2.31 bits per heavy atom. The molecule has 2 saturated heterocycles. The summed E-state index contributed by atoms with van der Waals surface area (Å²) in [5.74, 6) is 0.492. The smallest absolute Gasteiger partial charge is 0.319 e. The van der Waals surface area contributed by atoms with Crippen LogP contribution in [0.4, 0.5) is 16.3 Å². The molecule has 2 aliphatic heterocycles. The standard InChI is InChI=1S/C27H33N7O2/c1-17(2)26(35)31-20-8-6-19(7-9-20)23-21(22-24(28)29-16-30-25(22)32(23)3)18-10-14-34(15-11-18)27(36)33-12-4-5-13-33/h6-9,16,18H,1,4-5,10-15H2,2-3H3,(H,31,35)(H2,28,29,30). The highest BCUT2D eigenvalue weighted by Crippen LogP contribution is 2.43. The maximum absolute atomic E-state index is 12.9. The lowest BCUT2D eigenvalue weighted by Crippen LogP contribution is -2.45. The van der Waals surface area contributed by atoms with Gasteiger partial charge in [-0.15, -0.1) is 0 Å². The van der Waals surface area contributed by atoms with Crippen molar-refractivity contribution in [1.29, 1.82) is 0 Å². The molecule has 3 N–H and O–H groups in total. The van der Waals surface area contributed by atoms with Crippen molar-refractivity contribution < 1.29 is 9.59 Å². The van der Waals surface area contributed by atoms with Gasteiger partial charge in [-0.3, -0.25) is 4.79 Å². The molecule has 4 heterocycles. The topological polar surface area (TPSA) is 109 Å². The number of nitrogens with zero attached hydrogens (tertiary/aromatic N) is 5. The lowest BCUT2D eigenvalue weighted by Gasteiger charge is -2.35. The largest absolute Gasteiger partial charge is 0.383 e. The molecule has 2 fully saturated rings. The summed E-state index contributed by atoms with van der Waals surface area (Å²) in [5, 5.41) is 3.75. The van der Waals surface area contributed by atoms with Crippen molar-refractivity contribution in [1.82, 2.24) is 24.3 Å². The number of likely N-dealkylation sites (tertiary alicyclic amines) is 2. The molecule has 5 rings (SSSR count). The van der Waals surface area contributed by atoms with E-state index in [4.69, 9.17) is 5.73 Å². The summed E-state index contributed by atoms with van der Waals surface area (Å²) >= 11 is 0. The van der Waals surface area contributed by atoms with Gasteiger partial charge in [0.15, 0.2) is 0 Å². The maximum Gasteiger partial charge on any atom is 0.319 e. The number of hydrogen-bond donors (Lipinski definition) is 2. The van der Waals surface area contributed by atoms with Crippen molar-refractivity contribution in [2.45, 2.75) is 38.5 Å². The number of amides is 3. The summed E-state index contributed by atoms with van der Waals surface area (Å²) in [6.45, 7) is 8.54. The van der Waals surface area contributed by atoms with Crippen LogP contribution in [-0.4, -0.2) is 62.5 Å². The molecule has 0 unspecified atom stereocenters.